The first-order chi connectivity index (χ1) is 31.5. The van der Waals surface area contributed by atoms with Crippen LogP contribution in [-0.4, -0.2) is 46.9 Å². The van der Waals surface area contributed by atoms with Crippen molar-refractivity contribution in [1.29, 1.82) is 0 Å². The standard InChI is InChI=1S/C58H105NO5/c1-4-7-10-13-16-19-21-23-25-27-28-30-32-34-36-39-42-45-48-51-58(63)64-54(49-46-43-40-37-18-15-12-9-6-3)52-57(62)59-55(53-60)56(61)50-47-44-41-38-35-33-31-29-26-24-22-20-17-14-11-8-5-2/h7,10,16,19,23,25,28,30,34,36,54-56,60-61H,4-6,8-9,11-15,17-18,20-22,24,26-27,29,31-33,35,37-53H2,1-3H3,(H,59,62)/b10-7-,19-16-,25-23-,30-28-,36-34-. The fourth-order valence-electron chi connectivity index (χ4n) is 8.22. The maximum absolute atomic E-state index is 13.2. The Hall–Kier alpha value is -2.44. The molecule has 0 spiro atoms. The lowest BCUT2D eigenvalue weighted by molar-refractivity contribution is -0.151. The average molecular weight is 896 g/mol. The number of carbonyl (C=O) groups excluding carboxylic acids is 2. The number of allylic oxidation sites excluding steroid dienone is 10. The monoisotopic (exact) mass is 896 g/mol. The highest BCUT2D eigenvalue weighted by atomic mass is 16.5. The van der Waals surface area contributed by atoms with Gasteiger partial charge in [-0.3, -0.25) is 9.59 Å². The first-order valence-electron chi connectivity index (χ1n) is 27.5. The molecule has 3 unspecified atom stereocenters. The molecule has 0 aromatic rings. The molecule has 3 atom stereocenters. The molecule has 0 rings (SSSR count). The summed E-state index contributed by atoms with van der Waals surface area (Å²) < 4.78 is 5.92. The van der Waals surface area contributed by atoms with Crippen LogP contribution in [0, 0.1) is 0 Å². The van der Waals surface area contributed by atoms with Gasteiger partial charge < -0.3 is 20.3 Å². The number of aliphatic hydroxyl groups excluding tert-OH is 2. The van der Waals surface area contributed by atoms with Gasteiger partial charge in [-0.2, -0.15) is 0 Å². The van der Waals surface area contributed by atoms with Crippen molar-refractivity contribution in [2.24, 2.45) is 0 Å². The summed E-state index contributed by atoms with van der Waals surface area (Å²) >= 11 is 0. The zero-order valence-corrected chi connectivity index (χ0v) is 42.4. The molecule has 6 nitrogen and oxygen atoms in total. The number of unbranched alkanes of at least 4 members (excludes halogenated alkanes) is 27. The predicted molar refractivity (Wildman–Crippen MR) is 278 cm³/mol. The van der Waals surface area contributed by atoms with E-state index in [1.165, 1.54) is 128 Å². The summed E-state index contributed by atoms with van der Waals surface area (Å²) in [6.07, 6.45) is 64.3. The Morgan fingerprint density at radius 3 is 1.27 bits per heavy atom. The average Bonchev–Trinajstić information content (AvgIpc) is 3.29. The van der Waals surface area contributed by atoms with Gasteiger partial charge in [0.05, 0.1) is 25.2 Å². The molecule has 3 N–H and O–H groups in total. The van der Waals surface area contributed by atoms with E-state index in [4.69, 9.17) is 4.74 Å². The second kappa shape index (κ2) is 51.5. The number of hydrogen-bond donors (Lipinski definition) is 3. The van der Waals surface area contributed by atoms with E-state index in [1.807, 2.05) is 0 Å². The molecule has 372 valence electrons. The van der Waals surface area contributed by atoms with Gasteiger partial charge in [-0.25, -0.2) is 0 Å². The van der Waals surface area contributed by atoms with Gasteiger partial charge in [0.25, 0.3) is 0 Å². The van der Waals surface area contributed by atoms with Crippen molar-refractivity contribution in [3.63, 3.8) is 0 Å². The zero-order valence-electron chi connectivity index (χ0n) is 42.4. The normalized spacial score (nSPS) is 13.6. The molecule has 0 heterocycles. The van der Waals surface area contributed by atoms with E-state index in [1.54, 1.807) is 0 Å². The predicted octanol–water partition coefficient (Wildman–Crippen LogP) is 16.8. The number of amides is 1. The van der Waals surface area contributed by atoms with Crippen LogP contribution in [0.3, 0.4) is 0 Å². The molecule has 0 aliphatic heterocycles. The van der Waals surface area contributed by atoms with Gasteiger partial charge in [-0.1, -0.05) is 248 Å². The van der Waals surface area contributed by atoms with E-state index in [9.17, 15) is 19.8 Å². The van der Waals surface area contributed by atoms with Crippen LogP contribution in [0.15, 0.2) is 60.8 Å². The number of nitrogens with one attached hydrogen (secondary N) is 1. The third kappa shape index (κ3) is 46.1. The van der Waals surface area contributed by atoms with Crippen LogP contribution in [0.25, 0.3) is 0 Å². The van der Waals surface area contributed by atoms with Crippen LogP contribution in [0.1, 0.15) is 271 Å². The van der Waals surface area contributed by atoms with Crippen molar-refractivity contribution < 1.29 is 24.5 Å². The van der Waals surface area contributed by atoms with Gasteiger partial charge in [-0.05, 0) is 70.6 Å². The third-order valence-electron chi connectivity index (χ3n) is 12.4. The molecule has 0 aliphatic rings. The van der Waals surface area contributed by atoms with Crippen molar-refractivity contribution in [3.05, 3.63) is 60.8 Å². The van der Waals surface area contributed by atoms with Crippen molar-refractivity contribution in [1.82, 2.24) is 5.32 Å². The Morgan fingerprint density at radius 1 is 0.469 bits per heavy atom. The minimum Gasteiger partial charge on any atom is -0.462 e. The smallest absolute Gasteiger partial charge is 0.306 e. The first-order valence-corrected chi connectivity index (χ1v) is 27.5. The number of rotatable bonds is 49. The Labute approximate surface area is 397 Å². The van der Waals surface area contributed by atoms with Crippen LogP contribution in [0.4, 0.5) is 0 Å². The molecule has 0 radical (unpaired) electrons. The molecule has 0 fully saturated rings. The number of esters is 1. The molecule has 6 heteroatoms. The highest BCUT2D eigenvalue weighted by molar-refractivity contribution is 5.77. The Kier molecular flexibility index (Phi) is 49.6. The van der Waals surface area contributed by atoms with E-state index in [2.05, 4.69) is 86.8 Å². The molecule has 64 heavy (non-hydrogen) atoms. The summed E-state index contributed by atoms with van der Waals surface area (Å²) in [5.41, 5.74) is 0. The van der Waals surface area contributed by atoms with Crippen molar-refractivity contribution in [2.75, 3.05) is 6.61 Å². The third-order valence-corrected chi connectivity index (χ3v) is 12.4. The topological polar surface area (TPSA) is 95.9 Å². The van der Waals surface area contributed by atoms with Gasteiger partial charge in [-0.15, -0.1) is 0 Å². The molecule has 0 aromatic heterocycles. The molecular weight excluding hydrogens is 791 g/mol. The number of aliphatic hydroxyl groups is 2. The molecular formula is C58H105NO5. The zero-order chi connectivity index (χ0) is 46.7. The summed E-state index contributed by atoms with van der Waals surface area (Å²) in [7, 11) is 0. The van der Waals surface area contributed by atoms with Crippen LogP contribution in [0.2, 0.25) is 0 Å². The lowest BCUT2D eigenvalue weighted by Crippen LogP contribution is -2.46. The number of hydrogen-bond acceptors (Lipinski definition) is 5. The van der Waals surface area contributed by atoms with Gasteiger partial charge in [0.15, 0.2) is 0 Å². The summed E-state index contributed by atoms with van der Waals surface area (Å²) in [5.74, 6) is -0.507. The quantitative estimate of drug-likeness (QED) is 0.0321. The van der Waals surface area contributed by atoms with Crippen LogP contribution in [0.5, 0.6) is 0 Å². The second-order valence-electron chi connectivity index (χ2n) is 18.6. The lowest BCUT2D eigenvalue weighted by atomic mass is 10.0. The maximum atomic E-state index is 13.2. The fourth-order valence-corrected chi connectivity index (χ4v) is 8.22. The van der Waals surface area contributed by atoms with Crippen molar-refractivity contribution >= 4 is 11.9 Å². The minimum atomic E-state index is -0.793. The Bertz CT molecular complexity index is 1140. The Balaban J connectivity index is 4.45. The van der Waals surface area contributed by atoms with Crippen LogP contribution >= 0.6 is 0 Å². The summed E-state index contributed by atoms with van der Waals surface area (Å²) in [6.45, 7) is 6.37. The number of ether oxygens (including phenoxy) is 1. The summed E-state index contributed by atoms with van der Waals surface area (Å²) in [5, 5.41) is 23.8. The molecule has 0 aliphatic carbocycles. The molecule has 0 bridgehead atoms. The highest BCUT2D eigenvalue weighted by Crippen LogP contribution is 2.18. The van der Waals surface area contributed by atoms with E-state index in [0.717, 1.165) is 96.3 Å². The summed E-state index contributed by atoms with van der Waals surface area (Å²) in [4.78, 5) is 26.1. The Morgan fingerprint density at radius 2 is 0.844 bits per heavy atom. The largest absolute Gasteiger partial charge is 0.462 e. The van der Waals surface area contributed by atoms with Crippen molar-refractivity contribution in [2.45, 2.75) is 289 Å². The lowest BCUT2D eigenvalue weighted by Gasteiger charge is -2.24. The molecule has 1 amide bonds. The van der Waals surface area contributed by atoms with Crippen LogP contribution in [-0.2, 0) is 14.3 Å². The maximum Gasteiger partial charge on any atom is 0.306 e. The SMILES string of the molecule is CC/C=C\C/C=C\C/C=C\C/C=C\C/C=C\CCCCCC(=O)OC(CCCCCCCCCCC)CC(=O)NC(CO)C(O)CCCCCCCCCCCCCCCCCCC. The van der Waals surface area contributed by atoms with Gasteiger partial charge in [0.1, 0.15) is 6.10 Å². The minimum absolute atomic E-state index is 0.0647. The van der Waals surface area contributed by atoms with Gasteiger partial charge >= 0.3 is 5.97 Å². The van der Waals surface area contributed by atoms with Gasteiger partial charge in [0, 0.05) is 6.42 Å². The number of carbonyl (C=O) groups is 2. The first kappa shape index (κ1) is 61.6. The van der Waals surface area contributed by atoms with E-state index in [-0.39, 0.29) is 24.9 Å². The molecule has 0 aromatic carbocycles. The van der Waals surface area contributed by atoms with E-state index < -0.39 is 18.2 Å². The highest BCUT2D eigenvalue weighted by Gasteiger charge is 2.24. The fraction of sp³-hybridized carbons (Fsp3) is 0.793. The molecule has 0 saturated carbocycles. The van der Waals surface area contributed by atoms with Crippen LogP contribution < -0.4 is 5.32 Å². The van der Waals surface area contributed by atoms with E-state index in [0.29, 0.717) is 19.3 Å². The second-order valence-corrected chi connectivity index (χ2v) is 18.6. The van der Waals surface area contributed by atoms with Gasteiger partial charge in [0.2, 0.25) is 5.91 Å². The van der Waals surface area contributed by atoms with Crippen molar-refractivity contribution in [3.8, 4) is 0 Å². The molecule has 0 saturated heterocycles. The van der Waals surface area contributed by atoms with E-state index >= 15 is 0 Å². The summed E-state index contributed by atoms with van der Waals surface area (Å²) in [6, 6.07) is -0.708.